The van der Waals surface area contributed by atoms with Crippen LogP contribution in [0.15, 0.2) is 18.2 Å². The SMILES string of the molecule is COc1ccc(OCCOCCC(C)C)c(C#CCN)c1. The number of hydrogen-bond acceptors (Lipinski definition) is 4. The van der Waals surface area contributed by atoms with E-state index in [9.17, 15) is 0 Å². The summed E-state index contributed by atoms with van der Waals surface area (Å²) in [6.45, 7) is 6.52. The Bertz CT molecular complexity index is 475. The molecule has 1 aromatic carbocycles. The predicted octanol–water partition coefficient (Wildman–Crippen LogP) is 2.45. The average molecular weight is 291 g/mol. The van der Waals surface area contributed by atoms with Crippen molar-refractivity contribution in [2.75, 3.05) is 33.5 Å². The van der Waals surface area contributed by atoms with Crippen molar-refractivity contribution in [1.29, 1.82) is 0 Å². The summed E-state index contributed by atoms with van der Waals surface area (Å²) in [6.07, 6.45) is 1.07. The van der Waals surface area contributed by atoms with E-state index in [-0.39, 0.29) is 0 Å². The molecule has 1 rings (SSSR count). The van der Waals surface area contributed by atoms with Crippen molar-refractivity contribution in [3.8, 4) is 23.3 Å². The number of hydrogen-bond donors (Lipinski definition) is 1. The summed E-state index contributed by atoms with van der Waals surface area (Å²) >= 11 is 0. The van der Waals surface area contributed by atoms with Crippen LogP contribution >= 0.6 is 0 Å². The highest BCUT2D eigenvalue weighted by atomic mass is 16.5. The third kappa shape index (κ3) is 7.03. The van der Waals surface area contributed by atoms with E-state index in [4.69, 9.17) is 19.9 Å². The van der Waals surface area contributed by atoms with Crippen molar-refractivity contribution >= 4 is 0 Å². The number of methoxy groups -OCH3 is 1. The molecule has 0 heterocycles. The molecule has 4 heteroatoms. The van der Waals surface area contributed by atoms with Crippen molar-refractivity contribution in [1.82, 2.24) is 0 Å². The summed E-state index contributed by atoms with van der Waals surface area (Å²) in [5.41, 5.74) is 6.19. The van der Waals surface area contributed by atoms with Gasteiger partial charge in [-0.1, -0.05) is 25.7 Å². The third-order valence-electron chi connectivity index (χ3n) is 2.84. The van der Waals surface area contributed by atoms with Gasteiger partial charge in [0.25, 0.3) is 0 Å². The largest absolute Gasteiger partial charge is 0.497 e. The summed E-state index contributed by atoms with van der Waals surface area (Å²) in [6, 6.07) is 5.55. The van der Waals surface area contributed by atoms with Gasteiger partial charge in [-0.25, -0.2) is 0 Å². The van der Waals surface area contributed by atoms with E-state index in [1.165, 1.54) is 0 Å². The minimum atomic E-state index is 0.314. The summed E-state index contributed by atoms with van der Waals surface area (Å²) in [5, 5.41) is 0. The molecule has 4 nitrogen and oxygen atoms in total. The van der Waals surface area contributed by atoms with Crippen molar-refractivity contribution in [3.63, 3.8) is 0 Å². The van der Waals surface area contributed by atoms with Gasteiger partial charge in [-0.15, -0.1) is 0 Å². The minimum Gasteiger partial charge on any atom is -0.497 e. The normalized spacial score (nSPS) is 10.1. The zero-order chi connectivity index (χ0) is 15.5. The molecule has 0 fully saturated rings. The van der Waals surface area contributed by atoms with Crippen LogP contribution in [0, 0.1) is 17.8 Å². The van der Waals surface area contributed by atoms with Crippen molar-refractivity contribution in [3.05, 3.63) is 23.8 Å². The first kappa shape index (κ1) is 17.4. The first-order valence-corrected chi connectivity index (χ1v) is 7.25. The Morgan fingerprint density at radius 2 is 2.00 bits per heavy atom. The third-order valence-corrected chi connectivity index (χ3v) is 2.84. The molecule has 0 saturated carbocycles. The molecule has 0 aliphatic carbocycles. The maximum atomic E-state index is 5.72. The second kappa shape index (κ2) is 10.1. The van der Waals surface area contributed by atoms with Crippen LogP contribution in [0.4, 0.5) is 0 Å². The standard InChI is InChI=1S/C17H25NO3/c1-14(2)8-10-20-11-12-21-17-7-6-16(19-3)13-15(17)5-4-9-18/h6-7,13-14H,8-12,18H2,1-3H3. The van der Waals surface area contributed by atoms with Crippen LogP contribution < -0.4 is 15.2 Å². The molecule has 0 radical (unpaired) electrons. The van der Waals surface area contributed by atoms with E-state index >= 15 is 0 Å². The van der Waals surface area contributed by atoms with Gasteiger partial charge in [0, 0.05) is 6.61 Å². The molecule has 116 valence electrons. The van der Waals surface area contributed by atoms with Gasteiger partial charge >= 0.3 is 0 Å². The molecule has 0 aliphatic rings. The summed E-state index contributed by atoms with van der Waals surface area (Å²) in [4.78, 5) is 0. The van der Waals surface area contributed by atoms with Gasteiger partial charge in [0.2, 0.25) is 0 Å². The second-order valence-corrected chi connectivity index (χ2v) is 5.01. The zero-order valence-electron chi connectivity index (χ0n) is 13.1. The Morgan fingerprint density at radius 1 is 1.19 bits per heavy atom. The average Bonchev–Trinajstić information content (AvgIpc) is 2.48. The molecular weight excluding hydrogens is 266 g/mol. The second-order valence-electron chi connectivity index (χ2n) is 5.01. The zero-order valence-corrected chi connectivity index (χ0v) is 13.1. The fourth-order valence-electron chi connectivity index (χ4n) is 1.64. The summed E-state index contributed by atoms with van der Waals surface area (Å²) in [7, 11) is 1.62. The predicted molar refractivity (Wildman–Crippen MR) is 84.7 cm³/mol. The Hall–Kier alpha value is -1.70. The van der Waals surface area contributed by atoms with Gasteiger partial charge in [0.1, 0.15) is 18.1 Å². The van der Waals surface area contributed by atoms with E-state index < -0.39 is 0 Å². The topological polar surface area (TPSA) is 53.7 Å². The first-order chi connectivity index (χ1) is 10.2. The molecule has 21 heavy (non-hydrogen) atoms. The fraction of sp³-hybridized carbons (Fsp3) is 0.529. The first-order valence-electron chi connectivity index (χ1n) is 7.25. The van der Waals surface area contributed by atoms with E-state index in [0.717, 1.165) is 30.1 Å². The van der Waals surface area contributed by atoms with E-state index in [1.807, 2.05) is 18.2 Å². The van der Waals surface area contributed by atoms with Gasteiger partial charge in [0.15, 0.2) is 0 Å². The maximum absolute atomic E-state index is 5.72. The highest BCUT2D eigenvalue weighted by Gasteiger charge is 2.04. The van der Waals surface area contributed by atoms with Gasteiger partial charge in [-0.2, -0.15) is 0 Å². The van der Waals surface area contributed by atoms with Crippen LogP contribution in [0.5, 0.6) is 11.5 Å². The Kier molecular flexibility index (Phi) is 8.34. The Balaban J connectivity index is 2.49. The lowest BCUT2D eigenvalue weighted by molar-refractivity contribution is 0.0925. The maximum Gasteiger partial charge on any atom is 0.135 e. The molecule has 0 atom stereocenters. The number of nitrogens with two attached hydrogens (primary N) is 1. The minimum absolute atomic E-state index is 0.314. The lowest BCUT2D eigenvalue weighted by atomic mass is 10.1. The van der Waals surface area contributed by atoms with Gasteiger partial charge in [0.05, 0.1) is 25.8 Å². The van der Waals surface area contributed by atoms with Crippen molar-refractivity contribution < 1.29 is 14.2 Å². The number of benzene rings is 1. The molecule has 0 saturated heterocycles. The van der Waals surface area contributed by atoms with Crippen LogP contribution in [0.1, 0.15) is 25.8 Å². The molecule has 0 aromatic heterocycles. The van der Waals surface area contributed by atoms with E-state index in [2.05, 4.69) is 25.7 Å². The molecule has 2 N–H and O–H groups in total. The fourth-order valence-corrected chi connectivity index (χ4v) is 1.64. The molecule has 0 unspecified atom stereocenters. The molecule has 0 bridgehead atoms. The van der Waals surface area contributed by atoms with Gasteiger partial charge in [-0.05, 0) is 30.5 Å². The quantitative estimate of drug-likeness (QED) is 0.590. The molecule has 1 aromatic rings. The summed E-state index contributed by atoms with van der Waals surface area (Å²) in [5.74, 6) is 7.96. The van der Waals surface area contributed by atoms with Crippen LogP contribution in [-0.2, 0) is 4.74 Å². The van der Waals surface area contributed by atoms with Gasteiger partial charge < -0.3 is 19.9 Å². The number of rotatable bonds is 8. The Morgan fingerprint density at radius 3 is 2.67 bits per heavy atom. The number of ether oxygens (including phenoxy) is 3. The summed E-state index contributed by atoms with van der Waals surface area (Å²) < 4.78 is 16.4. The highest BCUT2D eigenvalue weighted by molar-refractivity contribution is 5.50. The molecular formula is C17H25NO3. The van der Waals surface area contributed by atoms with Crippen LogP contribution in [0.3, 0.4) is 0 Å². The molecule has 0 aliphatic heterocycles. The van der Waals surface area contributed by atoms with E-state index in [0.29, 0.717) is 25.7 Å². The molecule has 0 amide bonds. The lowest BCUT2D eigenvalue weighted by Crippen LogP contribution is -2.09. The van der Waals surface area contributed by atoms with Crippen LogP contribution in [0.2, 0.25) is 0 Å². The van der Waals surface area contributed by atoms with Crippen LogP contribution in [0.25, 0.3) is 0 Å². The van der Waals surface area contributed by atoms with Crippen LogP contribution in [-0.4, -0.2) is 33.5 Å². The molecule has 0 spiro atoms. The highest BCUT2D eigenvalue weighted by Crippen LogP contribution is 2.23. The smallest absolute Gasteiger partial charge is 0.135 e. The van der Waals surface area contributed by atoms with Crippen molar-refractivity contribution in [2.45, 2.75) is 20.3 Å². The van der Waals surface area contributed by atoms with E-state index in [1.54, 1.807) is 7.11 Å². The monoisotopic (exact) mass is 291 g/mol. The lowest BCUT2D eigenvalue weighted by Gasteiger charge is -2.10. The Labute approximate surface area is 127 Å². The van der Waals surface area contributed by atoms with Gasteiger partial charge in [-0.3, -0.25) is 0 Å². The van der Waals surface area contributed by atoms with Crippen molar-refractivity contribution in [2.24, 2.45) is 11.7 Å².